The lowest BCUT2D eigenvalue weighted by Gasteiger charge is -2.27. The number of carbonyl (C=O) groups excluding carboxylic acids is 1. The van der Waals surface area contributed by atoms with E-state index in [4.69, 9.17) is 0 Å². The van der Waals surface area contributed by atoms with Crippen molar-refractivity contribution in [3.63, 3.8) is 0 Å². The predicted octanol–water partition coefficient (Wildman–Crippen LogP) is 2.72. The van der Waals surface area contributed by atoms with Crippen LogP contribution in [0.15, 0.2) is 48.8 Å². The number of carbonyl (C=O) groups is 1. The molecule has 1 aromatic carbocycles. The third-order valence-electron chi connectivity index (χ3n) is 5.81. The van der Waals surface area contributed by atoms with E-state index >= 15 is 0 Å². The number of nitrogens with zero attached hydrogens (tertiary/aromatic N) is 3. The van der Waals surface area contributed by atoms with Gasteiger partial charge in [-0.3, -0.25) is 14.7 Å². The van der Waals surface area contributed by atoms with Gasteiger partial charge < -0.3 is 4.90 Å². The molecule has 136 valence electrons. The summed E-state index contributed by atoms with van der Waals surface area (Å²) >= 11 is 0. The molecular weight excluding hydrogens is 322 g/mol. The summed E-state index contributed by atoms with van der Waals surface area (Å²) in [5, 5.41) is 0. The van der Waals surface area contributed by atoms with Crippen LogP contribution in [0.5, 0.6) is 0 Å². The third kappa shape index (κ3) is 3.96. The molecule has 1 aliphatic carbocycles. The minimum atomic E-state index is 0.290. The molecule has 4 heteroatoms. The highest BCUT2D eigenvalue weighted by molar-refractivity contribution is 5.76. The fourth-order valence-electron chi connectivity index (χ4n) is 4.30. The zero-order valence-electron chi connectivity index (χ0n) is 15.3. The number of aromatic nitrogens is 1. The summed E-state index contributed by atoms with van der Waals surface area (Å²) in [5.41, 5.74) is 4.20. The van der Waals surface area contributed by atoms with E-state index in [1.165, 1.54) is 16.7 Å². The maximum atomic E-state index is 12.6. The molecule has 0 bridgehead atoms. The van der Waals surface area contributed by atoms with E-state index < -0.39 is 0 Å². The minimum absolute atomic E-state index is 0.290. The number of fused-ring (bicyclic) bond motifs is 1. The van der Waals surface area contributed by atoms with E-state index in [2.05, 4.69) is 39.0 Å². The molecule has 2 aromatic rings. The Hall–Kier alpha value is -2.20. The standard InChI is InChI=1S/C22H27N3O/c26-22(7-6-18-8-10-23-11-9-18)25-13-3-12-24(14-15-25)21-16-19-4-1-2-5-20(19)17-21/h1-2,4-5,8-11,21H,3,6-7,12-17H2. The summed E-state index contributed by atoms with van der Waals surface area (Å²) in [5.74, 6) is 0.290. The smallest absolute Gasteiger partial charge is 0.222 e. The first kappa shape index (κ1) is 17.2. The predicted molar refractivity (Wildman–Crippen MR) is 103 cm³/mol. The normalized spacial score (nSPS) is 18.5. The minimum Gasteiger partial charge on any atom is -0.341 e. The first-order chi connectivity index (χ1) is 12.8. The molecule has 1 saturated heterocycles. The Morgan fingerprint density at radius 2 is 1.69 bits per heavy atom. The van der Waals surface area contributed by atoms with Crippen molar-refractivity contribution in [2.24, 2.45) is 0 Å². The molecule has 0 spiro atoms. The number of benzene rings is 1. The van der Waals surface area contributed by atoms with Gasteiger partial charge in [0.25, 0.3) is 0 Å². The molecule has 2 aliphatic rings. The Bertz CT molecular complexity index is 721. The molecule has 0 saturated carbocycles. The molecule has 1 amide bonds. The van der Waals surface area contributed by atoms with Crippen molar-refractivity contribution in [2.75, 3.05) is 26.2 Å². The SMILES string of the molecule is O=C(CCc1ccncc1)N1CCCN(C2Cc3ccccc3C2)CC1. The van der Waals surface area contributed by atoms with Gasteiger partial charge in [0.2, 0.25) is 5.91 Å². The molecule has 4 rings (SSSR count). The summed E-state index contributed by atoms with van der Waals surface area (Å²) in [6.45, 7) is 3.86. The molecule has 0 radical (unpaired) electrons. The van der Waals surface area contributed by atoms with Gasteiger partial charge in [-0.05, 0) is 54.5 Å². The Kier molecular flexibility index (Phi) is 5.30. The Morgan fingerprint density at radius 3 is 2.42 bits per heavy atom. The highest BCUT2D eigenvalue weighted by Gasteiger charge is 2.28. The molecule has 0 atom stereocenters. The molecule has 0 unspecified atom stereocenters. The summed E-state index contributed by atoms with van der Waals surface area (Å²) < 4.78 is 0. The van der Waals surface area contributed by atoms with E-state index in [-0.39, 0.29) is 0 Å². The van der Waals surface area contributed by atoms with Crippen molar-refractivity contribution in [2.45, 2.75) is 38.1 Å². The first-order valence-corrected chi connectivity index (χ1v) is 9.77. The highest BCUT2D eigenvalue weighted by atomic mass is 16.2. The van der Waals surface area contributed by atoms with Crippen LogP contribution in [0.3, 0.4) is 0 Å². The number of hydrogen-bond acceptors (Lipinski definition) is 3. The average Bonchev–Trinajstić information content (AvgIpc) is 2.96. The van der Waals surface area contributed by atoms with Gasteiger partial charge in [-0.1, -0.05) is 24.3 Å². The van der Waals surface area contributed by atoms with Crippen LogP contribution in [-0.4, -0.2) is 52.9 Å². The van der Waals surface area contributed by atoms with Crippen LogP contribution in [-0.2, 0) is 24.1 Å². The van der Waals surface area contributed by atoms with Gasteiger partial charge in [0, 0.05) is 51.0 Å². The van der Waals surface area contributed by atoms with Crippen LogP contribution >= 0.6 is 0 Å². The Labute approximate surface area is 155 Å². The summed E-state index contributed by atoms with van der Waals surface area (Å²) in [6, 6.07) is 13.4. The maximum Gasteiger partial charge on any atom is 0.222 e. The molecule has 1 fully saturated rings. The van der Waals surface area contributed by atoms with Gasteiger partial charge in [-0.2, -0.15) is 0 Å². The van der Waals surface area contributed by atoms with Crippen LogP contribution in [0.1, 0.15) is 29.5 Å². The summed E-state index contributed by atoms with van der Waals surface area (Å²) in [6.07, 6.45) is 8.39. The van der Waals surface area contributed by atoms with E-state index in [9.17, 15) is 4.79 Å². The second kappa shape index (κ2) is 8.00. The van der Waals surface area contributed by atoms with Gasteiger partial charge in [0.05, 0.1) is 0 Å². The average molecular weight is 349 g/mol. The number of pyridine rings is 1. The molecule has 4 nitrogen and oxygen atoms in total. The van der Waals surface area contributed by atoms with Gasteiger partial charge in [0.1, 0.15) is 0 Å². The molecule has 0 N–H and O–H groups in total. The van der Waals surface area contributed by atoms with Crippen molar-refractivity contribution >= 4 is 5.91 Å². The largest absolute Gasteiger partial charge is 0.341 e. The van der Waals surface area contributed by atoms with Crippen LogP contribution < -0.4 is 0 Å². The number of amides is 1. The van der Waals surface area contributed by atoms with Crippen molar-refractivity contribution < 1.29 is 4.79 Å². The van der Waals surface area contributed by atoms with Crippen LogP contribution in [0.2, 0.25) is 0 Å². The monoisotopic (exact) mass is 349 g/mol. The quantitative estimate of drug-likeness (QED) is 0.852. The second-order valence-corrected chi connectivity index (χ2v) is 7.46. The molecule has 2 heterocycles. The number of aryl methyl sites for hydroxylation is 1. The lowest BCUT2D eigenvalue weighted by Crippen LogP contribution is -2.40. The van der Waals surface area contributed by atoms with Crippen molar-refractivity contribution in [1.29, 1.82) is 0 Å². The van der Waals surface area contributed by atoms with Crippen molar-refractivity contribution in [3.8, 4) is 0 Å². The topological polar surface area (TPSA) is 36.4 Å². The summed E-state index contributed by atoms with van der Waals surface area (Å²) in [4.78, 5) is 21.3. The third-order valence-corrected chi connectivity index (χ3v) is 5.81. The maximum absolute atomic E-state index is 12.6. The lowest BCUT2D eigenvalue weighted by atomic mass is 10.1. The molecular formula is C22H27N3O. The van der Waals surface area contributed by atoms with Crippen molar-refractivity contribution in [1.82, 2.24) is 14.8 Å². The van der Waals surface area contributed by atoms with Crippen LogP contribution in [0.4, 0.5) is 0 Å². The highest BCUT2D eigenvalue weighted by Crippen LogP contribution is 2.26. The fraction of sp³-hybridized carbons (Fsp3) is 0.455. The Balaban J connectivity index is 1.29. The lowest BCUT2D eigenvalue weighted by molar-refractivity contribution is -0.131. The zero-order valence-corrected chi connectivity index (χ0v) is 15.3. The summed E-state index contributed by atoms with van der Waals surface area (Å²) in [7, 11) is 0. The molecule has 1 aromatic heterocycles. The van der Waals surface area contributed by atoms with Crippen molar-refractivity contribution in [3.05, 3.63) is 65.5 Å². The molecule has 26 heavy (non-hydrogen) atoms. The number of rotatable bonds is 4. The van der Waals surface area contributed by atoms with E-state index in [1.54, 1.807) is 12.4 Å². The molecule has 1 aliphatic heterocycles. The first-order valence-electron chi connectivity index (χ1n) is 9.77. The van der Waals surface area contributed by atoms with Gasteiger partial charge in [-0.15, -0.1) is 0 Å². The van der Waals surface area contributed by atoms with E-state index in [0.29, 0.717) is 18.4 Å². The van der Waals surface area contributed by atoms with Gasteiger partial charge in [-0.25, -0.2) is 0 Å². The van der Waals surface area contributed by atoms with Crippen LogP contribution in [0, 0.1) is 0 Å². The zero-order chi connectivity index (χ0) is 17.8. The van der Waals surface area contributed by atoms with Crippen LogP contribution in [0.25, 0.3) is 0 Å². The van der Waals surface area contributed by atoms with Gasteiger partial charge in [0.15, 0.2) is 0 Å². The Morgan fingerprint density at radius 1 is 0.962 bits per heavy atom. The fourth-order valence-corrected chi connectivity index (χ4v) is 4.30. The van der Waals surface area contributed by atoms with Gasteiger partial charge >= 0.3 is 0 Å². The second-order valence-electron chi connectivity index (χ2n) is 7.46. The van der Waals surface area contributed by atoms with E-state index in [0.717, 1.165) is 51.9 Å². The van der Waals surface area contributed by atoms with E-state index in [1.807, 2.05) is 12.1 Å². The number of hydrogen-bond donors (Lipinski definition) is 0.